The fourth-order valence-electron chi connectivity index (χ4n) is 2.19. The summed E-state index contributed by atoms with van der Waals surface area (Å²) in [5, 5.41) is 9.42. The SMILES string of the molecule is COC(=O)c1c(N)c(C#N)cn1-c1ccc(Cl)c(C(=O)N(C)C)c1. The maximum atomic E-state index is 12.2. The average molecular weight is 347 g/mol. The number of nitrogens with two attached hydrogens (primary N) is 1. The van der Waals surface area contributed by atoms with Crippen LogP contribution in [0.5, 0.6) is 0 Å². The van der Waals surface area contributed by atoms with Crippen LogP contribution in [0.15, 0.2) is 24.4 Å². The highest BCUT2D eigenvalue weighted by atomic mass is 35.5. The molecule has 0 fully saturated rings. The summed E-state index contributed by atoms with van der Waals surface area (Å²) in [6, 6.07) is 6.59. The number of aromatic nitrogens is 1. The molecule has 1 aromatic carbocycles. The van der Waals surface area contributed by atoms with Crippen molar-refractivity contribution in [3.8, 4) is 11.8 Å². The Morgan fingerprint density at radius 3 is 2.58 bits per heavy atom. The Hall–Kier alpha value is -2.98. The van der Waals surface area contributed by atoms with Crippen LogP contribution in [0.25, 0.3) is 5.69 Å². The maximum absolute atomic E-state index is 12.2. The standard InChI is InChI=1S/C16H15ClN4O3/c1-20(2)15(22)11-6-10(4-5-12(11)17)21-8-9(7-18)13(19)14(21)16(23)24-3/h4-6,8H,19H2,1-3H3. The number of benzene rings is 1. The third-order valence-corrected chi connectivity index (χ3v) is 3.74. The van der Waals surface area contributed by atoms with Gasteiger partial charge < -0.3 is 19.9 Å². The van der Waals surface area contributed by atoms with E-state index in [9.17, 15) is 9.59 Å². The largest absolute Gasteiger partial charge is 0.464 e. The topological polar surface area (TPSA) is 101 Å². The van der Waals surface area contributed by atoms with E-state index in [0.717, 1.165) is 0 Å². The van der Waals surface area contributed by atoms with Gasteiger partial charge in [0.1, 0.15) is 6.07 Å². The van der Waals surface area contributed by atoms with Gasteiger partial charge in [0.05, 0.1) is 28.9 Å². The lowest BCUT2D eigenvalue weighted by Crippen LogP contribution is -2.22. The zero-order valence-electron chi connectivity index (χ0n) is 13.3. The monoisotopic (exact) mass is 346 g/mol. The molecule has 1 aromatic heterocycles. The molecule has 0 aliphatic carbocycles. The third kappa shape index (κ3) is 2.92. The number of esters is 1. The first-order valence-corrected chi connectivity index (χ1v) is 7.20. The van der Waals surface area contributed by atoms with Crippen molar-refractivity contribution in [2.75, 3.05) is 26.9 Å². The molecule has 2 N–H and O–H groups in total. The molecule has 124 valence electrons. The smallest absolute Gasteiger partial charge is 0.357 e. The summed E-state index contributed by atoms with van der Waals surface area (Å²) in [5.74, 6) is -0.980. The summed E-state index contributed by atoms with van der Waals surface area (Å²) in [7, 11) is 4.42. The maximum Gasteiger partial charge on any atom is 0.357 e. The minimum Gasteiger partial charge on any atom is -0.464 e. The molecule has 0 saturated heterocycles. The predicted octanol–water partition coefficient (Wildman–Crippen LogP) is 2.07. The Kier molecular flexibility index (Phi) is 4.81. The number of nitrogen functional groups attached to an aromatic ring is 1. The van der Waals surface area contributed by atoms with Crippen molar-refractivity contribution in [1.29, 1.82) is 5.26 Å². The molecule has 0 bridgehead atoms. The summed E-state index contributed by atoms with van der Waals surface area (Å²) in [6.07, 6.45) is 1.41. The molecule has 0 saturated carbocycles. The molecule has 0 atom stereocenters. The lowest BCUT2D eigenvalue weighted by atomic mass is 10.1. The molecule has 0 aliphatic rings. The number of rotatable bonds is 3. The van der Waals surface area contributed by atoms with Crippen LogP contribution in [-0.4, -0.2) is 42.5 Å². The molecular weight excluding hydrogens is 332 g/mol. The molecule has 1 heterocycles. The first-order valence-electron chi connectivity index (χ1n) is 6.82. The summed E-state index contributed by atoms with van der Waals surface area (Å²) in [5.41, 5.74) is 6.74. The number of carbonyl (C=O) groups excluding carboxylic acids is 2. The number of hydrogen-bond acceptors (Lipinski definition) is 5. The number of halogens is 1. The van der Waals surface area contributed by atoms with Crippen LogP contribution in [0.3, 0.4) is 0 Å². The molecule has 0 aliphatic heterocycles. The van der Waals surface area contributed by atoms with Crippen LogP contribution in [0.1, 0.15) is 26.4 Å². The summed E-state index contributed by atoms with van der Waals surface area (Å²) in [4.78, 5) is 25.6. The van der Waals surface area contributed by atoms with Gasteiger partial charge in [-0.25, -0.2) is 4.79 Å². The Morgan fingerprint density at radius 2 is 2.04 bits per heavy atom. The second kappa shape index (κ2) is 6.64. The number of methoxy groups -OCH3 is 1. The van der Waals surface area contributed by atoms with Crippen LogP contribution in [0.4, 0.5) is 5.69 Å². The van der Waals surface area contributed by atoms with Gasteiger partial charge in [0.15, 0.2) is 5.69 Å². The highest BCUT2D eigenvalue weighted by Gasteiger charge is 2.23. The Morgan fingerprint density at radius 1 is 1.38 bits per heavy atom. The molecule has 0 unspecified atom stereocenters. The van der Waals surface area contributed by atoms with Gasteiger partial charge in [0, 0.05) is 26.0 Å². The van der Waals surface area contributed by atoms with E-state index < -0.39 is 5.97 Å². The van der Waals surface area contributed by atoms with Crippen molar-refractivity contribution in [3.05, 3.63) is 46.2 Å². The van der Waals surface area contributed by atoms with Crippen molar-refractivity contribution in [2.45, 2.75) is 0 Å². The lowest BCUT2D eigenvalue weighted by molar-refractivity contribution is 0.0593. The molecular formula is C16H15ClN4O3. The van der Waals surface area contributed by atoms with E-state index in [2.05, 4.69) is 0 Å². The Balaban J connectivity index is 2.69. The number of amides is 1. The zero-order chi connectivity index (χ0) is 18.0. The fraction of sp³-hybridized carbons (Fsp3) is 0.188. The van der Waals surface area contributed by atoms with Crippen molar-refractivity contribution < 1.29 is 14.3 Å². The van der Waals surface area contributed by atoms with Gasteiger partial charge in [-0.15, -0.1) is 0 Å². The molecule has 1 amide bonds. The van der Waals surface area contributed by atoms with E-state index in [-0.39, 0.29) is 33.4 Å². The average Bonchev–Trinajstić information content (AvgIpc) is 2.90. The van der Waals surface area contributed by atoms with Gasteiger partial charge >= 0.3 is 5.97 Å². The lowest BCUT2D eigenvalue weighted by Gasteiger charge is -2.14. The molecule has 24 heavy (non-hydrogen) atoms. The van der Waals surface area contributed by atoms with E-state index in [1.54, 1.807) is 20.2 Å². The summed E-state index contributed by atoms with van der Waals surface area (Å²) in [6.45, 7) is 0. The molecule has 0 spiro atoms. The van der Waals surface area contributed by atoms with Crippen LogP contribution >= 0.6 is 11.6 Å². The molecule has 7 nitrogen and oxygen atoms in total. The van der Waals surface area contributed by atoms with Crippen molar-refractivity contribution in [1.82, 2.24) is 9.47 Å². The fourth-order valence-corrected chi connectivity index (χ4v) is 2.38. The predicted molar refractivity (Wildman–Crippen MR) is 89.3 cm³/mol. The first-order chi connectivity index (χ1) is 11.3. The second-order valence-electron chi connectivity index (χ2n) is 5.14. The molecule has 8 heteroatoms. The van der Waals surface area contributed by atoms with E-state index in [1.807, 2.05) is 6.07 Å². The highest BCUT2D eigenvalue weighted by molar-refractivity contribution is 6.33. The van der Waals surface area contributed by atoms with E-state index in [4.69, 9.17) is 27.3 Å². The minimum atomic E-state index is -0.690. The van der Waals surface area contributed by atoms with Crippen molar-refractivity contribution in [3.63, 3.8) is 0 Å². The van der Waals surface area contributed by atoms with Crippen LogP contribution < -0.4 is 5.73 Å². The second-order valence-corrected chi connectivity index (χ2v) is 5.55. The van der Waals surface area contributed by atoms with Crippen LogP contribution in [-0.2, 0) is 4.74 Å². The van der Waals surface area contributed by atoms with Gasteiger partial charge in [0.25, 0.3) is 5.91 Å². The van der Waals surface area contributed by atoms with Crippen LogP contribution in [0.2, 0.25) is 5.02 Å². The van der Waals surface area contributed by atoms with E-state index in [0.29, 0.717) is 5.69 Å². The van der Waals surface area contributed by atoms with Crippen molar-refractivity contribution >= 4 is 29.2 Å². The van der Waals surface area contributed by atoms with Gasteiger partial charge in [-0.05, 0) is 18.2 Å². The number of nitriles is 1. The zero-order valence-corrected chi connectivity index (χ0v) is 14.1. The van der Waals surface area contributed by atoms with Crippen molar-refractivity contribution in [2.24, 2.45) is 0 Å². The number of carbonyl (C=O) groups is 2. The van der Waals surface area contributed by atoms with Gasteiger partial charge in [-0.3, -0.25) is 4.79 Å². The number of anilines is 1. The quantitative estimate of drug-likeness (QED) is 0.857. The highest BCUT2D eigenvalue weighted by Crippen LogP contribution is 2.27. The Labute approximate surface area is 143 Å². The normalized spacial score (nSPS) is 10.1. The summed E-state index contributed by atoms with van der Waals surface area (Å²) >= 11 is 6.09. The Bertz CT molecular complexity index is 865. The third-order valence-electron chi connectivity index (χ3n) is 3.41. The van der Waals surface area contributed by atoms with Gasteiger partial charge in [-0.1, -0.05) is 11.6 Å². The van der Waals surface area contributed by atoms with E-state index >= 15 is 0 Å². The number of nitrogens with zero attached hydrogens (tertiary/aromatic N) is 3. The molecule has 2 rings (SSSR count). The molecule has 0 radical (unpaired) electrons. The first kappa shape index (κ1) is 17.4. The van der Waals surface area contributed by atoms with E-state index in [1.165, 1.54) is 34.9 Å². The van der Waals surface area contributed by atoms with Crippen LogP contribution in [0, 0.1) is 11.3 Å². The number of hydrogen-bond donors (Lipinski definition) is 1. The summed E-state index contributed by atoms with van der Waals surface area (Å²) < 4.78 is 6.13. The van der Waals surface area contributed by atoms with Gasteiger partial charge in [0.2, 0.25) is 0 Å². The van der Waals surface area contributed by atoms with Gasteiger partial charge in [-0.2, -0.15) is 5.26 Å². The number of ether oxygens (including phenoxy) is 1. The molecule has 2 aromatic rings. The minimum absolute atomic E-state index is 0.0135.